The van der Waals surface area contributed by atoms with Gasteiger partial charge in [0, 0.05) is 27.3 Å². The van der Waals surface area contributed by atoms with E-state index in [-0.39, 0.29) is 17.1 Å². The lowest BCUT2D eigenvalue weighted by Gasteiger charge is -2.23. The van der Waals surface area contributed by atoms with Gasteiger partial charge in [-0.05, 0) is 168 Å². The van der Waals surface area contributed by atoms with Gasteiger partial charge in [-0.2, -0.15) is 0 Å². The minimum atomic E-state index is -0.465. The summed E-state index contributed by atoms with van der Waals surface area (Å²) in [4.78, 5) is 25.4. The number of pyridine rings is 1. The van der Waals surface area contributed by atoms with Crippen LogP contribution < -0.4 is 10.2 Å². The van der Waals surface area contributed by atoms with Gasteiger partial charge in [-0.1, -0.05) is 68.4 Å². The molecule has 0 saturated heterocycles. The first kappa shape index (κ1) is 36.1. The maximum Gasteiger partial charge on any atom is 0.235 e. The highest BCUT2D eigenvalue weighted by Crippen LogP contribution is 2.52. The van der Waals surface area contributed by atoms with Crippen LogP contribution in [0, 0.1) is 11.6 Å². The number of benzene rings is 9. The number of fused-ring (bicyclic) bond motifs is 12. The molecule has 0 unspecified atom stereocenters. The average molecular weight is 808 g/mol. The second-order valence-electron chi connectivity index (χ2n) is 16.8. The second-order valence-corrected chi connectivity index (χ2v) is 16.8. The van der Waals surface area contributed by atoms with Crippen LogP contribution in [-0.4, -0.2) is 21.6 Å². The molecular weight excluding hydrogens is 773 g/mol. The summed E-state index contributed by atoms with van der Waals surface area (Å²) >= 11 is 0. The molecule has 1 aliphatic rings. The molecule has 0 N–H and O–H groups in total. The molecule has 0 fully saturated rings. The number of hydrogen-bond acceptors (Lipinski definition) is 4. The molecule has 1 aliphatic carbocycles. The van der Waals surface area contributed by atoms with Crippen molar-refractivity contribution < 1.29 is 13.5 Å². The maximum atomic E-state index is 15.1. The van der Waals surface area contributed by atoms with Crippen LogP contribution in [0.25, 0.3) is 104 Å². The van der Waals surface area contributed by atoms with Crippen LogP contribution in [0.4, 0.5) is 8.78 Å². The van der Waals surface area contributed by atoms with Gasteiger partial charge in [0.1, 0.15) is 17.4 Å². The van der Waals surface area contributed by atoms with Crippen LogP contribution in [0.15, 0.2) is 163 Å². The summed E-state index contributed by atoms with van der Waals surface area (Å²) in [7, 11) is 1.70. The Kier molecular flexibility index (Phi) is 7.64. The molecule has 9 aromatic carbocycles. The quantitative estimate of drug-likeness (QED) is 0.131. The van der Waals surface area contributed by atoms with E-state index < -0.39 is 5.41 Å². The zero-order valence-electron chi connectivity index (χ0n) is 33.9. The summed E-state index contributed by atoms with van der Waals surface area (Å²) in [5.41, 5.74) is 7.56. The van der Waals surface area contributed by atoms with E-state index in [0.717, 1.165) is 65.5 Å². The van der Waals surface area contributed by atoms with Gasteiger partial charge in [-0.25, -0.2) is 18.7 Å². The molecule has 0 spiro atoms. The number of ether oxygens (including phenoxy) is 1. The lowest BCUT2D eigenvalue weighted by molar-refractivity contribution is 0.415. The molecule has 12 rings (SSSR count). The van der Waals surface area contributed by atoms with E-state index >= 15 is 4.79 Å². The summed E-state index contributed by atoms with van der Waals surface area (Å²) in [6.45, 7) is 4.49. The number of halogens is 2. The molecule has 0 atom stereocenters. The van der Waals surface area contributed by atoms with Crippen molar-refractivity contribution in [2.45, 2.75) is 19.3 Å². The lowest BCUT2D eigenvalue weighted by atomic mass is 9.81. The highest BCUT2D eigenvalue weighted by molar-refractivity contribution is 6.26. The van der Waals surface area contributed by atoms with Crippen LogP contribution in [0.5, 0.6) is 5.75 Å². The van der Waals surface area contributed by atoms with Crippen molar-refractivity contribution in [3.63, 3.8) is 0 Å². The van der Waals surface area contributed by atoms with E-state index in [2.05, 4.69) is 74.5 Å². The molecule has 62 heavy (non-hydrogen) atoms. The van der Waals surface area contributed by atoms with Crippen LogP contribution in [-0.2, 0) is 5.41 Å². The topological polar surface area (TPSA) is 57.0 Å². The third kappa shape index (κ3) is 5.27. The van der Waals surface area contributed by atoms with E-state index in [4.69, 9.17) is 14.7 Å². The van der Waals surface area contributed by atoms with Gasteiger partial charge in [0.25, 0.3) is 0 Å². The van der Waals surface area contributed by atoms with Gasteiger partial charge in [-0.3, -0.25) is 9.36 Å². The molecular formula is C55H35F2N3O2. The first-order valence-electron chi connectivity index (χ1n) is 20.6. The van der Waals surface area contributed by atoms with Crippen molar-refractivity contribution in [3.05, 3.63) is 191 Å². The number of rotatable bonds is 4. The summed E-state index contributed by atoms with van der Waals surface area (Å²) in [5.74, 6) is 0.404. The fourth-order valence-corrected chi connectivity index (χ4v) is 9.84. The smallest absolute Gasteiger partial charge is 0.235 e. The van der Waals surface area contributed by atoms with Crippen molar-refractivity contribution in [2.75, 3.05) is 7.11 Å². The molecule has 11 aromatic rings. The molecule has 0 radical (unpaired) electrons. The average Bonchev–Trinajstić information content (AvgIpc) is 3.51. The molecule has 5 nitrogen and oxygen atoms in total. The predicted octanol–water partition coefficient (Wildman–Crippen LogP) is 13.5. The second kappa shape index (κ2) is 13.1. The first-order valence-corrected chi connectivity index (χ1v) is 20.6. The van der Waals surface area contributed by atoms with Crippen LogP contribution in [0.2, 0.25) is 0 Å². The van der Waals surface area contributed by atoms with Crippen LogP contribution in [0.3, 0.4) is 0 Å². The fraction of sp³-hybridized carbons (Fsp3) is 0.0727. The minimum absolute atomic E-state index is 0.0920. The van der Waals surface area contributed by atoms with Crippen LogP contribution in [0.1, 0.15) is 25.0 Å². The largest absolute Gasteiger partial charge is 0.497 e. The Labute approximate surface area is 354 Å². The van der Waals surface area contributed by atoms with Crippen molar-refractivity contribution in [3.8, 4) is 45.3 Å². The van der Waals surface area contributed by atoms with Crippen LogP contribution >= 0.6 is 0 Å². The fourth-order valence-electron chi connectivity index (χ4n) is 9.84. The Morgan fingerprint density at radius 3 is 1.63 bits per heavy atom. The summed E-state index contributed by atoms with van der Waals surface area (Å²) in [6.07, 6.45) is 0. The van der Waals surface area contributed by atoms with Gasteiger partial charge >= 0.3 is 0 Å². The predicted molar refractivity (Wildman–Crippen MR) is 248 cm³/mol. The van der Waals surface area contributed by atoms with Gasteiger partial charge in [0.05, 0.1) is 29.5 Å². The summed E-state index contributed by atoms with van der Waals surface area (Å²) < 4.78 is 36.2. The molecule has 0 saturated carbocycles. The highest BCUT2D eigenvalue weighted by Gasteiger charge is 2.37. The Hall–Kier alpha value is -7.77. The monoisotopic (exact) mass is 807 g/mol. The van der Waals surface area contributed by atoms with Crippen molar-refractivity contribution in [1.29, 1.82) is 0 Å². The van der Waals surface area contributed by atoms with E-state index in [1.54, 1.807) is 31.4 Å². The molecule has 0 aliphatic heterocycles. The van der Waals surface area contributed by atoms with E-state index in [9.17, 15) is 8.78 Å². The Morgan fingerprint density at radius 1 is 0.500 bits per heavy atom. The maximum absolute atomic E-state index is 15.1. The Bertz CT molecular complexity index is 3740. The molecule has 2 aromatic heterocycles. The molecule has 0 amide bonds. The number of hydrogen-bond donors (Lipinski definition) is 0. The summed E-state index contributed by atoms with van der Waals surface area (Å²) in [5, 5.41) is 9.82. The zero-order valence-corrected chi connectivity index (χ0v) is 33.9. The number of methoxy groups -OCH3 is 1. The molecule has 2 heterocycles. The standard InChI is InChI=1S/C55H35F2N3O2/c1-55(2)47-27-42-39-21-20-36(62-3)24-40(39)37-10-6-7-11-38(37)41(42)25-43(47)44-26-46-52(28-48(44)55)60(51-23-33-9-5-4-8-32(33)22-45(51)53(46)61)54-58-49(30-12-16-34(56)17-13-30)29-50(59-54)31-14-18-35(57)19-15-31/h4-29H,1-3H3. The Morgan fingerprint density at radius 2 is 1.00 bits per heavy atom. The third-order valence-corrected chi connectivity index (χ3v) is 13.0. The summed E-state index contributed by atoms with van der Waals surface area (Å²) in [6, 6.07) is 49.8. The normalized spacial score (nSPS) is 13.1. The Balaban J connectivity index is 1.19. The minimum Gasteiger partial charge on any atom is -0.497 e. The molecule has 0 bridgehead atoms. The van der Waals surface area contributed by atoms with Gasteiger partial charge in [0.2, 0.25) is 5.95 Å². The zero-order chi connectivity index (χ0) is 42.0. The third-order valence-electron chi connectivity index (χ3n) is 13.0. The molecule has 296 valence electrons. The van der Waals surface area contributed by atoms with E-state index in [1.165, 1.54) is 29.8 Å². The molecule has 7 heteroatoms. The lowest BCUT2D eigenvalue weighted by Crippen LogP contribution is -2.17. The number of aromatic nitrogens is 3. The van der Waals surface area contributed by atoms with Gasteiger partial charge in [-0.15, -0.1) is 0 Å². The van der Waals surface area contributed by atoms with Crippen molar-refractivity contribution in [2.24, 2.45) is 0 Å². The highest BCUT2D eigenvalue weighted by atomic mass is 19.1. The van der Waals surface area contributed by atoms with E-state index in [0.29, 0.717) is 50.3 Å². The SMILES string of the molecule is COc1ccc2c(c1)c1ccccc1c1cc3c(cc21)C(C)(C)c1cc2c(cc1-3)c(=O)c1cc3ccccc3cc1n2-c1nc(-c2ccc(F)cc2)cc(-c2ccc(F)cc2)n1. The van der Waals surface area contributed by atoms with Gasteiger partial charge < -0.3 is 4.74 Å². The van der Waals surface area contributed by atoms with Gasteiger partial charge in [0.15, 0.2) is 5.43 Å². The first-order chi connectivity index (χ1) is 30.1. The van der Waals surface area contributed by atoms with Crippen molar-refractivity contribution >= 4 is 64.9 Å². The van der Waals surface area contributed by atoms with E-state index in [1.807, 2.05) is 53.1 Å². The van der Waals surface area contributed by atoms with Crippen molar-refractivity contribution in [1.82, 2.24) is 14.5 Å². The number of nitrogens with zero attached hydrogens (tertiary/aromatic N) is 3.